The molecule has 0 aromatic heterocycles. The monoisotopic (exact) mass is 452 g/mol. The Morgan fingerprint density at radius 1 is 1.03 bits per heavy atom. The van der Waals surface area contributed by atoms with Gasteiger partial charge in [-0.25, -0.2) is 9.18 Å². The van der Waals surface area contributed by atoms with Crippen molar-refractivity contribution in [1.29, 1.82) is 0 Å². The Labute approximate surface area is 190 Å². The Hall–Kier alpha value is -3.12. The van der Waals surface area contributed by atoms with E-state index in [-0.39, 0.29) is 16.7 Å². The lowest BCUT2D eigenvalue weighted by Gasteiger charge is -2.37. The minimum atomic E-state index is -0.701. The maximum Gasteiger partial charge on any atom is 0.410 e. The van der Waals surface area contributed by atoms with Crippen LogP contribution >= 0.6 is 11.6 Å². The number of fused-ring (bicyclic) bond motifs is 1. The van der Waals surface area contributed by atoms with Crippen LogP contribution < -0.4 is 0 Å². The highest BCUT2D eigenvalue weighted by Gasteiger charge is 2.47. The van der Waals surface area contributed by atoms with Crippen LogP contribution in [0.15, 0.2) is 60.7 Å². The molecule has 5 rings (SSSR count). The molecule has 2 heterocycles. The summed E-state index contributed by atoms with van der Waals surface area (Å²) in [5.74, 6) is -1.09. The first-order chi connectivity index (χ1) is 15.4. The zero-order valence-corrected chi connectivity index (χ0v) is 18.1. The fourth-order valence-corrected chi connectivity index (χ4v) is 4.76. The number of nitrogens with zero attached hydrogens (tertiary/aromatic N) is 2. The van der Waals surface area contributed by atoms with Gasteiger partial charge in [0.05, 0.1) is 17.1 Å². The first kappa shape index (κ1) is 20.8. The van der Waals surface area contributed by atoms with Crippen molar-refractivity contribution in [2.24, 2.45) is 0 Å². The van der Waals surface area contributed by atoms with E-state index < -0.39 is 17.3 Å². The molecule has 1 spiro atoms. The van der Waals surface area contributed by atoms with E-state index in [9.17, 15) is 14.0 Å². The van der Waals surface area contributed by atoms with Crippen molar-refractivity contribution in [3.8, 4) is 0 Å². The van der Waals surface area contributed by atoms with Crippen LogP contribution in [0.3, 0.4) is 0 Å². The summed E-state index contributed by atoms with van der Waals surface area (Å²) in [5.41, 5.74) is 0.397. The van der Waals surface area contributed by atoms with E-state index in [0.29, 0.717) is 39.0 Å². The molecule has 164 valence electrons. The molecule has 0 saturated carbocycles. The normalized spacial score (nSPS) is 17.8. The third kappa shape index (κ3) is 3.79. The summed E-state index contributed by atoms with van der Waals surface area (Å²) in [7, 11) is 0. The molecule has 2 aliphatic heterocycles. The summed E-state index contributed by atoms with van der Waals surface area (Å²) in [5, 5.41) is 2.22. The van der Waals surface area contributed by atoms with Gasteiger partial charge in [-0.1, -0.05) is 54.1 Å². The Bertz CT molecular complexity index is 1210. The predicted molar refractivity (Wildman–Crippen MR) is 120 cm³/mol. The van der Waals surface area contributed by atoms with Crippen molar-refractivity contribution in [2.45, 2.75) is 25.0 Å². The average molecular weight is 453 g/mol. The van der Waals surface area contributed by atoms with E-state index in [1.54, 1.807) is 15.9 Å². The number of benzene rings is 3. The third-order valence-corrected chi connectivity index (χ3v) is 6.66. The molecule has 0 radical (unpaired) electrons. The molecule has 2 amide bonds. The molecule has 0 unspecified atom stereocenters. The van der Waals surface area contributed by atoms with Gasteiger partial charge in [0.2, 0.25) is 0 Å². The molecule has 0 bridgehead atoms. The number of carbonyl (C=O) groups is 2. The van der Waals surface area contributed by atoms with Gasteiger partial charge in [0.25, 0.3) is 5.91 Å². The number of amides is 2. The van der Waals surface area contributed by atoms with Gasteiger partial charge in [0.1, 0.15) is 5.60 Å². The number of hydrogen-bond donors (Lipinski definition) is 0. The largest absolute Gasteiger partial charge is 0.441 e. The van der Waals surface area contributed by atoms with Crippen LogP contribution in [0, 0.1) is 5.82 Å². The van der Waals surface area contributed by atoms with E-state index in [2.05, 4.69) is 24.3 Å². The van der Waals surface area contributed by atoms with Gasteiger partial charge in [0.15, 0.2) is 5.82 Å². The fourth-order valence-electron chi connectivity index (χ4n) is 4.59. The van der Waals surface area contributed by atoms with Crippen molar-refractivity contribution in [3.63, 3.8) is 0 Å². The molecular formula is C25H22ClFN2O3. The number of carbonyl (C=O) groups excluding carboxylic acids is 2. The standard InChI is InChI=1S/C25H22ClFN2O3/c26-21-7-3-6-20(22(21)27)23(30)28-12-10-25(11-13-28)16-29(24(31)32-25)15-17-8-9-18-4-1-2-5-19(18)14-17/h1-9,14H,10-13,15-16H2. The van der Waals surface area contributed by atoms with Gasteiger partial charge in [-0.05, 0) is 34.5 Å². The van der Waals surface area contributed by atoms with Gasteiger partial charge in [-0.15, -0.1) is 0 Å². The van der Waals surface area contributed by atoms with Crippen molar-refractivity contribution in [1.82, 2.24) is 9.80 Å². The van der Waals surface area contributed by atoms with Crippen LogP contribution in [-0.2, 0) is 11.3 Å². The third-order valence-electron chi connectivity index (χ3n) is 6.37. The lowest BCUT2D eigenvalue weighted by atomic mass is 9.91. The summed E-state index contributed by atoms with van der Waals surface area (Å²) >= 11 is 5.82. The van der Waals surface area contributed by atoms with Gasteiger partial charge >= 0.3 is 6.09 Å². The SMILES string of the molecule is O=C1OC2(CCN(C(=O)c3cccc(Cl)c3F)CC2)CN1Cc1ccc2ccccc2c1. The van der Waals surface area contributed by atoms with Crippen molar-refractivity contribution < 1.29 is 18.7 Å². The Kier molecular flexibility index (Phi) is 5.25. The van der Waals surface area contributed by atoms with Gasteiger partial charge in [0, 0.05) is 32.5 Å². The first-order valence-corrected chi connectivity index (χ1v) is 11.0. The molecule has 0 atom stereocenters. The quantitative estimate of drug-likeness (QED) is 0.544. The summed E-state index contributed by atoms with van der Waals surface area (Å²) in [4.78, 5) is 28.7. The van der Waals surface area contributed by atoms with E-state index in [1.807, 2.05) is 18.2 Å². The Morgan fingerprint density at radius 2 is 1.78 bits per heavy atom. The van der Waals surface area contributed by atoms with Gasteiger partial charge in [-0.2, -0.15) is 0 Å². The summed E-state index contributed by atoms with van der Waals surface area (Å²) in [6.45, 7) is 1.73. The Balaban J connectivity index is 1.25. The molecule has 3 aromatic carbocycles. The van der Waals surface area contributed by atoms with E-state index in [0.717, 1.165) is 16.3 Å². The van der Waals surface area contributed by atoms with Crippen LogP contribution in [-0.4, -0.2) is 47.0 Å². The number of ether oxygens (including phenoxy) is 1. The topological polar surface area (TPSA) is 49.9 Å². The zero-order valence-electron chi connectivity index (χ0n) is 17.4. The second kappa shape index (κ2) is 8.10. The lowest BCUT2D eigenvalue weighted by Crippen LogP contribution is -2.48. The average Bonchev–Trinajstić information content (AvgIpc) is 3.09. The summed E-state index contributed by atoms with van der Waals surface area (Å²) in [6, 6.07) is 18.7. The molecule has 32 heavy (non-hydrogen) atoms. The van der Waals surface area contributed by atoms with E-state index in [4.69, 9.17) is 16.3 Å². The highest BCUT2D eigenvalue weighted by atomic mass is 35.5. The maximum atomic E-state index is 14.3. The second-order valence-corrected chi connectivity index (χ2v) is 8.89. The molecule has 2 aliphatic rings. The molecule has 0 N–H and O–H groups in total. The minimum absolute atomic E-state index is 0.0326. The predicted octanol–water partition coefficient (Wildman–Crippen LogP) is 5.26. The zero-order chi connectivity index (χ0) is 22.3. The number of likely N-dealkylation sites (tertiary alicyclic amines) is 1. The van der Waals surface area contributed by atoms with Gasteiger partial charge < -0.3 is 9.64 Å². The molecular weight excluding hydrogens is 431 g/mol. The van der Waals surface area contributed by atoms with Crippen LogP contribution in [0.4, 0.5) is 9.18 Å². The molecule has 2 saturated heterocycles. The van der Waals surface area contributed by atoms with Crippen molar-refractivity contribution >= 4 is 34.4 Å². The first-order valence-electron chi connectivity index (χ1n) is 10.6. The van der Waals surface area contributed by atoms with Gasteiger partial charge in [-0.3, -0.25) is 9.69 Å². The molecule has 7 heteroatoms. The highest BCUT2D eigenvalue weighted by Crippen LogP contribution is 2.35. The maximum absolute atomic E-state index is 14.3. The Morgan fingerprint density at radius 3 is 2.56 bits per heavy atom. The van der Waals surface area contributed by atoms with Crippen LogP contribution in [0.2, 0.25) is 5.02 Å². The fraction of sp³-hybridized carbons (Fsp3) is 0.280. The number of piperidine rings is 1. The van der Waals surface area contributed by atoms with Crippen LogP contribution in [0.25, 0.3) is 10.8 Å². The molecule has 5 nitrogen and oxygen atoms in total. The molecule has 2 fully saturated rings. The number of rotatable bonds is 3. The minimum Gasteiger partial charge on any atom is -0.441 e. The van der Waals surface area contributed by atoms with E-state index >= 15 is 0 Å². The van der Waals surface area contributed by atoms with Crippen molar-refractivity contribution in [2.75, 3.05) is 19.6 Å². The van der Waals surface area contributed by atoms with Crippen molar-refractivity contribution in [3.05, 3.63) is 82.6 Å². The highest BCUT2D eigenvalue weighted by molar-refractivity contribution is 6.31. The van der Waals surface area contributed by atoms with Crippen LogP contribution in [0.5, 0.6) is 0 Å². The smallest absolute Gasteiger partial charge is 0.410 e. The molecule has 3 aromatic rings. The summed E-state index contributed by atoms with van der Waals surface area (Å²) in [6.07, 6.45) is 0.695. The van der Waals surface area contributed by atoms with E-state index in [1.165, 1.54) is 12.1 Å². The lowest BCUT2D eigenvalue weighted by molar-refractivity contribution is 0.00302. The number of halogens is 2. The summed E-state index contributed by atoms with van der Waals surface area (Å²) < 4.78 is 20.0. The second-order valence-electron chi connectivity index (χ2n) is 8.48. The molecule has 0 aliphatic carbocycles. The van der Waals surface area contributed by atoms with Crippen LogP contribution in [0.1, 0.15) is 28.8 Å². The number of hydrogen-bond acceptors (Lipinski definition) is 3.